The lowest BCUT2D eigenvalue weighted by Crippen LogP contribution is -2.49. The van der Waals surface area contributed by atoms with Gasteiger partial charge in [0, 0.05) is 51.4 Å². The minimum absolute atomic E-state index is 0.158. The molecule has 2 aromatic rings. The van der Waals surface area contributed by atoms with E-state index in [0.29, 0.717) is 30.8 Å². The lowest BCUT2D eigenvalue weighted by atomic mass is 10.1. The Kier molecular flexibility index (Phi) is 7.96. The summed E-state index contributed by atoms with van der Waals surface area (Å²) in [5, 5.41) is 0. The van der Waals surface area contributed by atoms with Gasteiger partial charge in [-0.05, 0) is 55.2 Å². The van der Waals surface area contributed by atoms with Crippen molar-refractivity contribution in [3.05, 3.63) is 59.2 Å². The highest BCUT2D eigenvalue weighted by Crippen LogP contribution is 2.24. The van der Waals surface area contributed by atoms with Crippen LogP contribution in [0.25, 0.3) is 0 Å². The van der Waals surface area contributed by atoms with Gasteiger partial charge in [0.05, 0.1) is 4.90 Å². The predicted octanol–water partition coefficient (Wildman–Crippen LogP) is 3.62. The molecular weight excluding hydrogens is 422 g/mol. The first-order valence-corrected chi connectivity index (χ1v) is 12.9. The van der Waals surface area contributed by atoms with Crippen LogP contribution in [0, 0.1) is 13.8 Å². The van der Waals surface area contributed by atoms with Crippen molar-refractivity contribution < 1.29 is 13.2 Å². The van der Waals surface area contributed by atoms with Crippen LogP contribution in [-0.4, -0.2) is 62.8 Å². The van der Waals surface area contributed by atoms with E-state index in [2.05, 4.69) is 36.9 Å². The summed E-state index contributed by atoms with van der Waals surface area (Å²) in [6.45, 7) is 12.0. The number of benzene rings is 2. The molecule has 0 bridgehead atoms. The molecule has 1 saturated heterocycles. The maximum atomic E-state index is 12.7. The Bertz CT molecular complexity index is 1020. The van der Waals surface area contributed by atoms with Gasteiger partial charge < -0.3 is 9.80 Å². The van der Waals surface area contributed by atoms with Crippen molar-refractivity contribution in [2.24, 2.45) is 0 Å². The molecule has 0 aromatic heterocycles. The monoisotopic (exact) mass is 457 g/mol. The van der Waals surface area contributed by atoms with E-state index in [1.165, 1.54) is 21.1 Å². The molecular formula is C25H35N3O3S. The Balaban J connectivity index is 1.53. The average molecular weight is 458 g/mol. The van der Waals surface area contributed by atoms with Gasteiger partial charge in [-0.1, -0.05) is 38.1 Å². The molecule has 0 atom stereocenters. The summed E-state index contributed by atoms with van der Waals surface area (Å²) in [6, 6.07) is 13.3. The summed E-state index contributed by atoms with van der Waals surface area (Å²) in [6.07, 6.45) is 1.05. The van der Waals surface area contributed by atoms with Crippen molar-refractivity contribution in [3.8, 4) is 0 Å². The number of carbonyl (C=O) groups excluding carboxylic acids is 1. The van der Waals surface area contributed by atoms with Gasteiger partial charge >= 0.3 is 0 Å². The second-order valence-corrected chi connectivity index (χ2v) is 10.3. The van der Waals surface area contributed by atoms with Gasteiger partial charge in [0.15, 0.2) is 0 Å². The number of anilines is 1. The van der Waals surface area contributed by atoms with E-state index < -0.39 is 10.0 Å². The highest BCUT2D eigenvalue weighted by molar-refractivity contribution is 7.89. The van der Waals surface area contributed by atoms with Gasteiger partial charge in [0.2, 0.25) is 15.9 Å². The van der Waals surface area contributed by atoms with Crippen molar-refractivity contribution >= 4 is 21.6 Å². The van der Waals surface area contributed by atoms with Crippen LogP contribution in [0.3, 0.4) is 0 Å². The van der Waals surface area contributed by atoms with Crippen molar-refractivity contribution in [3.63, 3.8) is 0 Å². The summed E-state index contributed by atoms with van der Waals surface area (Å²) < 4.78 is 26.7. The molecule has 0 spiro atoms. The molecule has 0 saturated carbocycles. The van der Waals surface area contributed by atoms with Gasteiger partial charge in [0.25, 0.3) is 0 Å². The van der Waals surface area contributed by atoms with Crippen molar-refractivity contribution in [2.45, 2.75) is 45.4 Å². The van der Waals surface area contributed by atoms with E-state index in [-0.39, 0.29) is 5.91 Å². The number of sulfonamides is 1. The second kappa shape index (κ2) is 10.5. The molecule has 7 heteroatoms. The highest BCUT2D eigenvalue weighted by atomic mass is 32.2. The van der Waals surface area contributed by atoms with Crippen LogP contribution in [0.15, 0.2) is 47.4 Å². The van der Waals surface area contributed by atoms with E-state index in [1.807, 2.05) is 30.9 Å². The summed E-state index contributed by atoms with van der Waals surface area (Å²) >= 11 is 0. The number of rotatable bonds is 8. The van der Waals surface area contributed by atoms with E-state index in [9.17, 15) is 13.2 Å². The maximum Gasteiger partial charge on any atom is 0.243 e. The Morgan fingerprint density at radius 3 is 2.16 bits per heavy atom. The predicted molar refractivity (Wildman–Crippen MR) is 130 cm³/mol. The van der Waals surface area contributed by atoms with Crippen LogP contribution in [-0.2, 0) is 21.2 Å². The van der Waals surface area contributed by atoms with Crippen molar-refractivity contribution in [1.82, 2.24) is 9.21 Å². The molecule has 1 aliphatic rings. The number of amides is 1. The summed E-state index contributed by atoms with van der Waals surface area (Å²) in [7, 11) is -3.45. The molecule has 1 aliphatic heterocycles. The van der Waals surface area contributed by atoms with Crippen molar-refractivity contribution in [1.29, 1.82) is 0 Å². The Morgan fingerprint density at radius 2 is 1.56 bits per heavy atom. The smallest absolute Gasteiger partial charge is 0.243 e. The first-order chi connectivity index (χ1) is 15.3. The molecule has 0 N–H and O–H groups in total. The molecule has 32 heavy (non-hydrogen) atoms. The summed E-state index contributed by atoms with van der Waals surface area (Å²) in [5.41, 5.74) is 4.83. The van der Waals surface area contributed by atoms with E-state index in [1.54, 1.807) is 12.1 Å². The van der Waals surface area contributed by atoms with E-state index in [0.717, 1.165) is 31.7 Å². The molecule has 1 heterocycles. The Morgan fingerprint density at radius 1 is 0.938 bits per heavy atom. The van der Waals surface area contributed by atoms with E-state index in [4.69, 9.17) is 0 Å². The Labute approximate surface area is 192 Å². The lowest BCUT2D eigenvalue weighted by Gasteiger charge is -2.37. The standard InChI is InChI=1S/C25H35N3O3S/c1-5-28(6-2)32(30,31)23-13-10-22(11-14-23)12-15-25(29)27-18-16-26(17-19-27)24-9-7-8-20(3)21(24)4/h7-11,13-14H,5-6,12,15-19H2,1-4H3. The second-order valence-electron chi connectivity index (χ2n) is 8.32. The third kappa shape index (κ3) is 5.33. The van der Waals surface area contributed by atoms with Crippen LogP contribution < -0.4 is 4.90 Å². The van der Waals surface area contributed by atoms with Gasteiger partial charge in [-0.15, -0.1) is 0 Å². The quantitative estimate of drug-likeness (QED) is 0.608. The maximum absolute atomic E-state index is 12.7. The first kappa shape index (κ1) is 24.3. The highest BCUT2D eigenvalue weighted by Gasteiger charge is 2.23. The molecule has 1 amide bonds. The van der Waals surface area contributed by atoms with Gasteiger partial charge in [0.1, 0.15) is 0 Å². The molecule has 2 aromatic carbocycles. The zero-order chi connectivity index (χ0) is 23.3. The molecule has 0 aliphatic carbocycles. The third-order valence-electron chi connectivity index (χ3n) is 6.44. The fourth-order valence-electron chi connectivity index (χ4n) is 4.23. The van der Waals surface area contributed by atoms with Gasteiger partial charge in [-0.3, -0.25) is 4.79 Å². The number of piperazine rings is 1. The molecule has 174 valence electrons. The van der Waals surface area contributed by atoms with Gasteiger partial charge in [-0.25, -0.2) is 8.42 Å². The number of aryl methyl sites for hydroxylation is 2. The molecule has 3 rings (SSSR count). The normalized spacial score (nSPS) is 14.8. The van der Waals surface area contributed by atoms with Crippen LogP contribution in [0.4, 0.5) is 5.69 Å². The van der Waals surface area contributed by atoms with Crippen LogP contribution in [0.2, 0.25) is 0 Å². The minimum atomic E-state index is -3.45. The number of hydrogen-bond donors (Lipinski definition) is 0. The SMILES string of the molecule is CCN(CC)S(=O)(=O)c1ccc(CCC(=O)N2CCN(c3cccc(C)c3C)CC2)cc1. The number of nitrogens with zero attached hydrogens (tertiary/aromatic N) is 3. The zero-order valence-corrected chi connectivity index (χ0v) is 20.5. The van der Waals surface area contributed by atoms with Crippen LogP contribution in [0.5, 0.6) is 0 Å². The van der Waals surface area contributed by atoms with Gasteiger partial charge in [-0.2, -0.15) is 4.31 Å². The lowest BCUT2D eigenvalue weighted by molar-refractivity contribution is -0.131. The van der Waals surface area contributed by atoms with Crippen LogP contribution in [0.1, 0.15) is 37.0 Å². The molecule has 0 radical (unpaired) electrons. The summed E-state index contributed by atoms with van der Waals surface area (Å²) in [5.74, 6) is 0.158. The first-order valence-electron chi connectivity index (χ1n) is 11.5. The molecule has 1 fully saturated rings. The Hall–Kier alpha value is -2.38. The fraction of sp³-hybridized carbons (Fsp3) is 0.480. The molecule has 0 unspecified atom stereocenters. The average Bonchev–Trinajstić information content (AvgIpc) is 2.80. The summed E-state index contributed by atoms with van der Waals surface area (Å²) in [4.78, 5) is 17.3. The molecule has 6 nitrogen and oxygen atoms in total. The van der Waals surface area contributed by atoms with Crippen LogP contribution >= 0.6 is 0 Å². The van der Waals surface area contributed by atoms with E-state index >= 15 is 0 Å². The topological polar surface area (TPSA) is 60.9 Å². The number of hydrogen-bond acceptors (Lipinski definition) is 4. The minimum Gasteiger partial charge on any atom is -0.368 e. The van der Waals surface area contributed by atoms with Crippen molar-refractivity contribution in [2.75, 3.05) is 44.2 Å². The fourth-order valence-corrected chi connectivity index (χ4v) is 5.68. The number of carbonyl (C=O) groups is 1. The zero-order valence-electron chi connectivity index (χ0n) is 19.7. The largest absolute Gasteiger partial charge is 0.368 e. The third-order valence-corrected chi connectivity index (χ3v) is 8.51.